The van der Waals surface area contributed by atoms with Gasteiger partial charge < -0.3 is 10.1 Å². The van der Waals surface area contributed by atoms with Crippen LogP contribution in [-0.2, 0) is 9.53 Å². The van der Waals surface area contributed by atoms with Gasteiger partial charge in [0.25, 0.3) is 5.91 Å². The van der Waals surface area contributed by atoms with Crippen LogP contribution in [0.5, 0.6) is 0 Å². The molecule has 1 N–H and O–H groups in total. The second-order valence-corrected chi connectivity index (χ2v) is 6.49. The summed E-state index contributed by atoms with van der Waals surface area (Å²) in [5.74, 6) is -0.583. The van der Waals surface area contributed by atoms with Gasteiger partial charge in [-0.1, -0.05) is 15.9 Å². The molecule has 0 atom stereocenters. The zero-order chi connectivity index (χ0) is 17.7. The van der Waals surface area contributed by atoms with Gasteiger partial charge in [-0.05, 0) is 45.0 Å². The van der Waals surface area contributed by atoms with Gasteiger partial charge in [0.05, 0.1) is 35.7 Å². The standard InChI is InChI=1S/C17H20BrN3O3/c1-11(2)24-16(22)8-9-19-17(23)15-10-20-21(12(15)3)14-6-4-13(18)5-7-14/h4-7,10-11H,8-9H2,1-3H3,(H,19,23). The Morgan fingerprint density at radius 2 is 1.96 bits per heavy atom. The maximum atomic E-state index is 12.2. The van der Waals surface area contributed by atoms with Crippen molar-refractivity contribution in [1.82, 2.24) is 15.1 Å². The number of ether oxygens (including phenoxy) is 1. The number of nitrogens with zero attached hydrogens (tertiary/aromatic N) is 2. The third-order valence-corrected chi connectivity index (χ3v) is 3.84. The van der Waals surface area contributed by atoms with Crippen molar-refractivity contribution in [1.29, 1.82) is 0 Å². The zero-order valence-corrected chi connectivity index (χ0v) is 15.5. The number of aromatic nitrogens is 2. The van der Waals surface area contributed by atoms with E-state index in [1.54, 1.807) is 18.5 Å². The first-order valence-corrected chi connectivity index (χ1v) is 8.46. The summed E-state index contributed by atoms with van der Waals surface area (Å²) in [5, 5.41) is 6.99. The number of esters is 1. The molecule has 1 amide bonds. The second-order valence-electron chi connectivity index (χ2n) is 5.58. The molecule has 0 unspecified atom stereocenters. The normalized spacial score (nSPS) is 10.7. The molecule has 1 aromatic carbocycles. The van der Waals surface area contributed by atoms with Crippen LogP contribution in [0.25, 0.3) is 5.69 Å². The molecule has 1 heterocycles. The first kappa shape index (κ1) is 18.2. The fourth-order valence-electron chi connectivity index (χ4n) is 2.17. The summed E-state index contributed by atoms with van der Waals surface area (Å²) >= 11 is 3.39. The van der Waals surface area contributed by atoms with E-state index in [-0.39, 0.29) is 30.9 Å². The number of carbonyl (C=O) groups excluding carboxylic acids is 2. The molecule has 6 nitrogen and oxygen atoms in total. The van der Waals surface area contributed by atoms with Crippen LogP contribution in [0.4, 0.5) is 0 Å². The van der Waals surface area contributed by atoms with E-state index < -0.39 is 0 Å². The van der Waals surface area contributed by atoms with Crippen molar-refractivity contribution in [2.45, 2.75) is 33.3 Å². The third kappa shape index (κ3) is 4.67. The lowest BCUT2D eigenvalue weighted by Crippen LogP contribution is -2.27. The molecule has 0 saturated heterocycles. The minimum atomic E-state index is -0.326. The first-order valence-electron chi connectivity index (χ1n) is 7.66. The molecule has 0 saturated carbocycles. The van der Waals surface area contributed by atoms with Gasteiger partial charge in [0.15, 0.2) is 0 Å². The molecular formula is C17H20BrN3O3. The third-order valence-electron chi connectivity index (χ3n) is 3.31. The summed E-state index contributed by atoms with van der Waals surface area (Å²) in [6.45, 7) is 5.64. The average molecular weight is 394 g/mol. The Labute approximate surface area is 149 Å². The Bertz CT molecular complexity index is 723. The van der Waals surface area contributed by atoms with E-state index in [0.29, 0.717) is 5.56 Å². The molecule has 2 rings (SSSR count). The van der Waals surface area contributed by atoms with Crippen LogP contribution >= 0.6 is 15.9 Å². The minimum Gasteiger partial charge on any atom is -0.463 e. The molecule has 0 aliphatic rings. The first-order chi connectivity index (χ1) is 11.4. The molecule has 0 aliphatic carbocycles. The number of hydrogen-bond donors (Lipinski definition) is 1. The zero-order valence-electron chi connectivity index (χ0n) is 13.9. The molecule has 1 aromatic heterocycles. The van der Waals surface area contributed by atoms with Crippen LogP contribution < -0.4 is 5.32 Å². The number of amides is 1. The van der Waals surface area contributed by atoms with Crippen LogP contribution in [0.1, 0.15) is 36.3 Å². The molecule has 0 spiro atoms. The molecule has 0 bridgehead atoms. The van der Waals surface area contributed by atoms with Crippen LogP contribution in [0.15, 0.2) is 34.9 Å². The van der Waals surface area contributed by atoms with E-state index in [4.69, 9.17) is 4.74 Å². The van der Waals surface area contributed by atoms with Crippen molar-refractivity contribution in [2.24, 2.45) is 0 Å². The maximum Gasteiger partial charge on any atom is 0.307 e. The van der Waals surface area contributed by atoms with E-state index in [1.165, 1.54) is 6.20 Å². The number of benzene rings is 1. The molecule has 24 heavy (non-hydrogen) atoms. The molecule has 128 valence electrons. The molecule has 0 aliphatic heterocycles. The summed E-state index contributed by atoms with van der Waals surface area (Å²) in [6.07, 6.45) is 1.52. The molecule has 0 fully saturated rings. The van der Waals surface area contributed by atoms with Crippen LogP contribution in [-0.4, -0.2) is 34.3 Å². The van der Waals surface area contributed by atoms with Crippen molar-refractivity contribution in [3.63, 3.8) is 0 Å². The Morgan fingerprint density at radius 1 is 1.29 bits per heavy atom. The number of halogens is 1. The number of hydrogen-bond acceptors (Lipinski definition) is 4. The van der Waals surface area contributed by atoms with E-state index >= 15 is 0 Å². The van der Waals surface area contributed by atoms with Crippen molar-refractivity contribution >= 4 is 27.8 Å². The number of rotatable bonds is 6. The summed E-state index contributed by atoms with van der Waals surface area (Å²) in [7, 11) is 0. The Hall–Kier alpha value is -2.15. The van der Waals surface area contributed by atoms with Crippen molar-refractivity contribution in [3.05, 3.63) is 46.2 Å². The molecule has 0 radical (unpaired) electrons. The lowest BCUT2D eigenvalue weighted by atomic mass is 10.2. The smallest absolute Gasteiger partial charge is 0.307 e. The van der Waals surface area contributed by atoms with E-state index in [9.17, 15) is 9.59 Å². The van der Waals surface area contributed by atoms with Gasteiger partial charge in [0, 0.05) is 11.0 Å². The molecule has 2 aromatic rings. The fourth-order valence-corrected chi connectivity index (χ4v) is 2.43. The van der Waals surface area contributed by atoms with Crippen molar-refractivity contribution < 1.29 is 14.3 Å². The van der Waals surface area contributed by atoms with Gasteiger partial charge >= 0.3 is 5.97 Å². The Balaban J connectivity index is 1.98. The summed E-state index contributed by atoms with van der Waals surface area (Å²) in [5.41, 5.74) is 2.09. The summed E-state index contributed by atoms with van der Waals surface area (Å²) < 4.78 is 7.70. The van der Waals surface area contributed by atoms with Gasteiger partial charge in [-0.2, -0.15) is 5.10 Å². The van der Waals surface area contributed by atoms with E-state index in [2.05, 4.69) is 26.3 Å². The Morgan fingerprint density at radius 3 is 2.58 bits per heavy atom. The highest BCUT2D eigenvalue weighted by molar-refractivity contribution is 9.10. The van der Waals surface area contributed by atoms with Crippen molar-refractivity contribution in [3.8, 4) is 5.69 Å². The SMILES string of the molecule is Cc1c(C(=O)NCCC(=O)OC(C)C)cnn1-c1ccc(Br)cc1. The molecule has 7 heteroatoms. The highest BCUT2D eigenvalue weighted by atomic mass is 79.9. The summed E-state index contributed by atoms with van der Waals surface area (Å²) in [6, 6.07) is 7.65. The quantitative estimate of drug-likeness (QED) is 0.765. The summed E-state index contributed by atoms with van der Waals surface area (Å²) in [4.78, 5) is 23.7. The lowest BCUT2D eigenvalue weighted by Gasteiger charge is -2.09. The monoisotopic (exact) mass is 393 g/mol. The van der Waals surface area contributed by atoms with Gasteiger partial charge in [-0.15, -0.1) is 0 Å². The van der Waals surface area contributed by atoms with Crippen molar-refractivity contribution in [2.75, 3.05) is 6.54 Å². The van der Waals surface area contributed by atoms with Gasteiger partial charge in [0.2, 0.25) is 0 Å². The number of nitrogens with one attached hydrogen (secondary N) is 1. The second kappa shape index (κ2) is 8.10. The van der Waals surface area contributed by atoms with Crippen LogP contribution in [0.3, 0.4) is 0 Å². The van der Waals surface area contributed by atoms with Crippen LogP contribution in [0, 0.1) is 6.92 Å². The van der Waals surface area contributed by atoms with Gasteiger partial charge in [-0.25, -0.2) is 4.68 Å². The van der Waals surface area contributed by atoms with E-state index in [0.717, 1.165) is 15.9 Å². The van der Waals surface area contributed by atoms with Crippen LogP contribution in [0.2, 0.25) is 0 Å². The lowest BCUT2D eigenvalue weighted by molar-refractivity contribution is -0.147. The maximum absolute atomic E-state index is 12.2. The highest BCUT2D eigenvalue weighted by Gasteiger charge is 2.15. The number of carbonyl (C=O) groups is 2. The minimum absolute atomic E-state index is 0.143. The average Bonchev–Trinajstić information content (AvgIpc) is 2.89. The Kier molecular flexibility index (Phi) is 6.14. The largest absolute Gasteiger partial charge is 0.463 e. The topological polar surface area (TPSA) is 73.2 Å². The predicted molar refractivity (Wildman–Crippen MR) is 94.2 cm³/mol. The highest BCUT2D eigenvalue weighted by Crippen LogP contribution is 2.17. The van der Waals surface area contributed by atoms with E-state index in [1.807, 2.05) is 31.2 Å². The molecular weight excluding hydrogens is 374 g/mol. The van der Waals surface area contributed by atoms with Gasteiger partial charge in [0.1, 0.15) is 0 Å². The van der Waals surface area contributed by atoms with Gasteiger partial charge in [-0.3, -0.25) is 9.59 Å². The predicted octanol–water partition coefficient (Wildman–Crippen LogP) is 3.01. The fraction of sp³-hybridized carbons (Fsp3) is 0.353.